The first-order chi connectivity index (χ1) is 10.3. The first kappa shape index (κ1) is 16.6. The van der Waals surface area contributed by atoms with Crippen LogP contribution in [-0.2, 0) is 17.4 Å². The highest BCUT2D eigenvalue weighted by Crippen LogP contribution is 2.33. The van der Waals surface area contributed by atoms with Crippen LogP contribution in [-0.4, -0.2) is 5.91 Å². The Morgan fingerprint density at radius 2 is 1.68 bits per heavy atom. The quantitative estimate of drug-likeness (QED) is 0.812. The Bertz CT molecular complexity index is 684. The lowest BCUT2D eigenvalue weighted by molar-refractivity contribution is -0.137. The number of alkyl halides is 3. The van der Waals surface area contributed by atoms with E-state index in [1.54, 1.807) is 24.3 Å². The van der Waals surface area contributed by atoms with Gasteiger partial charge in [0.2, 0.25) is 5.91 Å². The summed E-state index contributed by atoms with van der Waals surface area (Å²) in [6.07, 6.45) is -4.50. The summed E-state index contributed by atoms with van der Waals surface area (Å²) in [7, 11) is 0. The van der Waals surface area contributed by atoms with Crippen LogP contribution in [0.4, 0.5) is 18.9 Å². The third-order valence-corrected chi connectivity index (χ3v) is 3.43. The molecule has 7 heteroatoms. The molecule has 116 valence electrons. The van der Waals surface area contributed by atoms with E-state index in [-0.39, 0.29) is 17.1 Å². The van der Waals surface area contributed by atoms with Crippen molar-refractivity contribution in [1.29, 1.82) is 0 Å². The van der Waals surface area contributed by atoms with Gasteiger partial charge >= 0.3 is 6.18 Å². The van der Waals surface area contributed by atoms with Crippen molar-refractivity contribution in [1.82, 2.24) is 0 Å². The molecule has 0 unspecified atom stereocenters. The number of anilines is 1. The molecular weight excluding hydrogens is 338 g/mol. The summed E-state index contributed by atoms with van der Waals surface area (Å²) in [6.45, 7) is 0. The van der Waals surface area contributed by atoms with E-state index in [0.29, 0.717) is 10.6 Å². The second-order valence-corrected chi connectivity index (χ2v) is 5.39. The van der Waals surface area contributed by atoms with E-state index >= 15 is 0 Å². The molecular formula is C15H10Cl2F3NO. The van der Waals surface area contributed by atoms with Crippen LogP contribution in [0.2, 0.25) is 10.0 Å². The second-order valence-electron chi connectivity index (χ2n) is 4.54. The van der Waals surface area contributed by atoms with Crippen molar-refractivity contribution in [2.45, 2.75) is 12.6 Å². The van der Waals surface area contributed by atoms with Crippen molar-refractivity contribution in [2.75, 3.05) is 5.32 Å². The van der Waals surface area contributed by atoms with Crippen molar-refractivity contribution in [3.63, 3.8) is 0 Å². The van der Waals surface area contributed by atoms with E-state index in [9.17, 15) is 18.0 Å². The van der Waals surface area contributed by atoms with Crippen LogP contribution in [0.5, 0.6) is 0 Å². The van der Waals surface area contributed by atoms with Gasteiger partial charge in [0.15, 0.2) is 0 Å². The van der Waals surface area contributed by atoms with E-state index in [2.05, 4.69) is 5.32 Å². The molecule has 22 heavy (non-hydrogen) atoms. The van der Waals surface area contributed by atoms with Crippen molar-refractivity contribution in [2.24, 2.45) is 0 Å². The lowest BCUT2D eigenvalue weighted by Gasteiger charge is -2.11. The van der Waals surface area contributed by atoms with Gasteiger partial charge in [0.05, 0.1) is 22.7 Å². The number of benzene rings is 2. The van der Waals surface area contributed by atoms with E-state index in [0.717, 1.165) is 18.2 Å². The largest absolute Gasteiger partial charge is 0.416 e. The molecule has 0 spiro atoms. The number of amides is 1. The molecule has 1 N–H and O–H groups in total. The SMILES string of the molecule is O=C(Cc1ccc(Cl)cc1)Nc1cc(C(F)(F)F)ccc1Cl. The summed E-state index contributed by atoms with van der Waals surface area (Å²) in [5, 5.41) is 2.95. The fourth-order valence-corrected chi connectivity index (χ4v) is 2.07. The molecule has 2 aromatic carbocycles. The molecule has 0 radical (unpaired) electrons. The summed E-state index contributed by atoms with van der Waals surface area (Å²) in [5.74, 6) is -0.469. The average Bonchev–Trinajstić information content (AvgIpc) is 2.42. The summed E-state index contributed by atoms with van der Waals surface area (Å²) in [5.41, 5.74) is -0.265. The first-order valence-corrected chi connectivity index (χ1v) is 6.92. The van der Waals surface area contributed by atoms with Gasteiger partial charge in [0, 0.05) is 5.02 Å². The third-order valence-electron chi connectivity index (χ3n) is 2.85. The minimum atomic E-state index is -4.50. The van der Waals surface area contributed by atoms with Gasteiger partial charge in [-0.1, -0.05) is 35.3 Å². The molecule has 0 aliphatic carbocycles. The Kier molecular flexibility index (Phi) is 4.98. The Balaban J connectivity index is 2.12. The molecule has 0 saturated carbocycles. The Hall–Kier alpha value is -1.72. The molecule has 2 rings (SSSR count). The number of nitrogens with one attached hydrogen (secondary N) is 1. The van der Waals surface area contributed by atoms with E-state index in [4.69, 9.17) is 23.2 Å². The summed E-state index contributed by atoms with van der Waals surface area (Å²) in [4.78, 5) is 11.9. The van der Waals surface area contributed by atoms with Crippen LogP contribution in [0.1, 0.15) is 11.1 Å². The van der Waals surface area contributed by atoms with Gasteiger partial charge in [-0.3, -0.25) is 4.79 Å². The lowest BCUT2D eigenvalue weighted by atomic mass is 10.1. The summed E-state index contributed by atoms with van der Waals surface area (Å²) >= 11 is 11.5. The number of halogens is 5. The zero-order valence-corrected chi connectivity index (χ0v) is 12.6. The predicted molar refractivity (Wildman–Crippen MR) is 80.2 cm³/mol. The fraction of sp³-hybridized carbons (Fsp3) is 0.133. The minimum absolute atomic E-state index is 0.00371. The van der Waals surface area contributed by atoms with Gasteiger partial charge in [0.25, 0.3) is 0 Å². The van der Waals surface area contributed by atoms with E-state index in [1.807, 2.05) is 0 Å². The zero-order valence-electron chi connectivity index (χ0n) is 11.0. The number of hydrogen-bond acceptors (Lipinski definition) is 1. The molecule has 2 aromatic rings. The van der Waals surface area contributed by atoms with Crippen LogP contribution in [0, 0.1) is 0 Å². The Labute approximate surface area is 134 Å². The predicted octanol–water partition coefficient (Wildman–Crippen LogP) is 5.19. The molecule has 0 aliphatic rings. The maximum Gasteiger partial charge on any atom is 0.416 e. The Morgan fingerprint density at radius 3 is 2.27 bits per heavy atom. The smallest absolute Gasteiger partial charge is 0.324 e. The zero-order chi connectivity index (χ0) is 16.3. The van der Waals surface area contributed by atoms with Gasteiger partial charge < -0.3 is 5.32 Å². The average molecular weight is 348 g/mol. The monoisotopic (exact) mass is 347 g/mol. The highest BCUT2D eigenvalue weighted by molar-refractivity contribution is 6.33. The van der Waals surface area contributed by atoms with Crippen molar-refractivity contribution < 1.29 is 18.0 Å². The number of carbonyl (C=O) groups is 1. The normalized spacial score (nSPS) is 11.3. The molecule has 2 nitrogen and oxygen atoms in total. The maximum absolute atomic E-state index is 12.7. The van der Waals surface area contributed by atoms with Crippen LogP contribution in [0.15, 0.2) is 42.5 Å². The number of hydrogen-bond donors (Lipinski definition) is 1. The molecule has 0 heterocycles. The Morgan fingerprint density at radius 1 is 1.05 bits per heavy atom. The molecule has 0 fully saturated rings. The van der Waals surface area contributed by atoms with E-state index in [1.165, 1.54) is 0 Å². The molecule has 0 saturated heterocycles. The van der Waals surface area contributed by atoms with Crippen molar-refractivity contribution >= 4 is 34.8 Å². The van der Waals surface area contributed by atoms with Crippen LogP contribution in [0.25, 0.3) is 0 Å². The van der Waals surface area contributed by atoms with Crippen LogP contribution >= 0.6 is 23.2 Å². The standard InChI is InChI=1S/C15H10Cl2F3NO/c16-11-4-1-9(2-5-11)7-14(22)21-13-8-10(15(18,19)20)3-6-12(13)17/h1-6,8H,7H2,(H,21,22). The first-order valence-electron chi connectivity index (χ1n) is 6.17. The molecule has 0 bridgehead atoms. The second kappa shape index (κ2) is 6.58. The lowest BCUT2D eigenvalue weighted by Crippen LogP contribution is -2.15. The fourth-order valence-electron chi connectivity index (χ4n) is 1.78. The number of carbonyl (C=O) groups excluding carboxylic acids is 1. The minimum Gasteiger partial charge on any atom is -0.324 e. The highest BCUT2D eigenvalue weighted by atomic mass is 35.5. The molecule has 0 atom stereocenters. The number of rotatable bonds is 3. The van der Waals surface area contributed by atoms with E-state index < -0.39 is 17.6 Å². The van der Waals surface area contributed by atoms with Crippen molar-refractivity contribution in [3.05, 3.63) is 63.6 Å². The third kappa shape index (κ3) is 4.39. The highest BCUT2D eigenvalue weighted by Gasteiger charge is 2.31. The van der Waals surface area contributed by atoms with Gasteiger partial charge in [-0.25, -0.2) is 0 Å². The molecule has 1 amide bonds. The summed E-state index contributed by atoms with van der Waals surface area (Å²) < 4.78 is 38.0. The molecule has 0 aromatic heterocycles. The van der Waals surface area contributed by atoms with Crippen molar-refractivity contribution in [3.8, 4) is 0 Å². The van der Waals surface area contributed by atoms with Crippen LogP contribution in [0.3, 0.4) is 0 Å². The van der Waals surface area contributed by atoms with Crippen LogP contribution < -0.4 is 5.32 Å². The summed E-state index contributed by atoms with van der Waals surface area (Å²) in [6, 6.07) is 9.34. The maximum atomic E-state index is 12.7. The van der Waals surface area contributed by atoms with Gasteiger partial charge in [0.1, 0.15) is 0 Å². The molecule has 0 aliphatic heterocycles. The topological polar surface area (TPSA) is 29.1 Å². The van der Waals surface area contributed by atoms with Gasteiger partial charge in [-0.2, -0.15) is 13.2 Å². The van der Waals surface area contributed by atoms with Gasteiger partial charge in [-0.05, 0) is 35.9 Å². The van der Waals surface area contributed by atoms with Gasteiger partial charge in [-0.15, -0.1) is 0 Å².